The molecule has 0 aromatic heterocycles. The fourth-order valence-electron chi connectivity index (χ4n) is 1.02. The lowest BCUT2D eigenvalue weighted by Crippen LogP contribution is -1.99. The Hall–Kier alpha value is -0.700. The van der Waals surface area contributed by atoms with E-state index in [-0.39, 0.29) is 0 Å². The summed E-state index contributed by atoms with van der Waals surface area (Å²) in [5.41, 5.74) is 1.02. The van der Waals surface area contributed by atoms with Gasteiger partial charge in [-0.2, -0.15) is 0 Å². The number of para-hydroxylation sites is 1. The maximum absolute atomic E-state index is 5.19. The molecule has 2 nitrogen and oxygen atoms in total. The predicted molar refractivity (Wildman–Crippen MR) is 54.9 cm³/mol. The molecule has 0 spiro atoms. The van der Waals surface area contributed by atoms with E-state index in [4.69, 9.17) is 4.74 Å². The molecule has 0 amide bonds. The van der Waals surface area contributed by atoms with Gasteiger partial charge < -0.3 is 10.1 Å². The van der Waals surface area contributed by atoms with E-state index in [0.29, 0.717) is 0 Å². The molecule has 0 unspecified atom stereocenters. The van der Waals surface area contributed by atoms with Gasteiger partial charge in [0.05, 0.1) is 12.8 Å². The Bertz CT molecular complexity index is 263. The maximum Gasteiger partial charge on any atom is 0.143 e. The Morgan fingerprint density at radius 3 is 2.83 bits per heavy atom. The summed E-state index contributed by atoms with van der Waals surface area (Å²) in [6.07, 6.45) is 0. The summed E-state index contributed by atoms with van der Waals surface area (Å²) < 4.78 is 6.22. The van der Waals surface area contributed by atoms with Gasteiger partial charge in [0.1, 0.15) is 5.75 Å². The minimum atomic E-state index is 0.867. The molecule has 12 heavy (non-hydrogen) atoms. The minimum absolute atomic E-state index is 0.867. The van der Waals surface area contributed by atoms with E-state index in [0.717, 1.165) is 22.5 Å². The normalized spacial score (nSPS) is 9.58. The van der Waals surface area contributed by atoms with Gasteiger partial charge in [-0.3, -0.25) is 0 Å². The molecule has 0 fully saturated rings. The van der Waals surface area contributed by atoms with Crippen LogP contribution in [0.5, 0.6) is 5.75 Å². The highest BCUT2D eigenvalue weighted by Gasteiger charge is 2.04. The zero-order valence-corrected chi connectivity index (χ0v) is 8.81. The molecule has 0 atom stereocenters. The number of rotatable bonds is 3. The molecule has 0 aliphatic carbocycles. The SMILES string of the molecule is CCNc1c(Br)cccc1OC. The second-order valence-electron chi connectivity index (χ2n) is 2.35. The zero-order valence-electron chi connectivity index (χ0n) is 7.23. The first-order valence-corrected chi connectivity index (χ1v) is 4.65. The summed E-state index contributed by atoms with van der Waals surface area (Å²) in [4.78, 5) is 0. The molecule has 1 rings (SSSR count). The highest BCUT2D eigenvalue weighted by Crippen LogP contribution is 2.31. The van der Waals surface area contributed by atoms with Crippen molar-refractivity contribution in [1.29, 1.82) is 0 Å². The summed E-state index contributed by atoms with van der Waals surface area (Å²) in [6.45, 7) is 2.94. The third-order valence-corrected chi connectivity index (χ3v) is 2.21. The third kappa shape index (κ3) is 1.91. The van der Waals surface area contributed by atoms with Crippen LogP contribution in [-0.4, -0.2) is 13.7 Å². The zero-order chi connectivity index (χ0) is 8.97. The molecule has 0 radical (unpaired) electrons. The molecule has 0 aliphatic rings. The molecule has 3 heteroatoms. The van der Waals surface area contributed by atoms with E-state index in [9.17, 15) is 0 Å². The number of halogens is 1. The van der Waals surface area contributed by atoms with E-state index in [1.807, 2.05) is 18.2 Å². The summed E-state index contributed by atoms with van der Waals surface area (Å²) >= 11 is 3.45. The molecule has 0 bridgehead atoms. The van der Waals surface area contributed by atoms with Crippen LogP contribution < -0.4 is 10.1 Å². The summed E-state index contributed by atoms with van der Waals surface area (Å²) in [6, 6.07) is 5.87. The first-order chi connectivity index (χ1) is 5.79. The van der Waals surface area contributed by atoms with E-state index >= 15 is 0 Å². The summed E-state index contributed by atoms with van der Waals surface area (Å²) in [5, 5.41) is 3.22. The topological polar surface area (TPSA) is 21.3 Å². The molecule has 0 heterocycles. The largest absolute Gasteiger partial charge is 0.495 e. The van der Waals surface area contributed by atoms with Gasteiger partial charge in [-0.25, -0.2) is 0 Å². The molecule has 0 saturated heterocycles. The van der Waals surface area contributed by atoms with Gasteiger partial charge in [-0.1, -0.05) is 6.07 Å². The quantitative estimate of drug-likeness (QED) is 0.861. The number of hydrogen-bond acceptors (Lipinski definition) is 2. The fourth-order valence-corrected chi connectivity index (χ4v) is 1.51. The minimum Gasteiger partial charge on any atom is -0.495 e. The van der Waals surface area contributed by atoms with Gasteiger partial charge in [-0.05, 0) is 35.0 Å². The third-order valence-electron chi connectivity index (χ3n) is 1.55. The molecule has 1 aromatic carbocycles. The van der Waals surface area contributed by atoms with Gasteiger partial charge in [0, 0.05) is 11.0 Å². The lowest BCUT2D eigenvalue weighted by Gasteiger charge is -2.10. The van der Waals surface area contributed by atoms with E-state index in [2.05, 4.69) is 28.2 Å². The Balaban J connectivity index is 3.02. The monoisotopic (exact) mass is 229 g/mol. The average molecular weight is 230 g/mol. The van der Waals surface area contributed by atoms with Crippen molar-refractivity contribution in [3.63, 3.8) is 0 Å². The van der Waals surface area contributed by atoms with Crippen molar-refractivity contribution in [2.75, 3.05) is 19.0 Å². The van der Waals surface area contributed by atoms with Crippen LogP contribution >= 0.6 is 15.9 Å². The van der Waals surface area contributed by atoms with Crippen LogP contribution in [-0.2, 0) is 0 Å². The number of ether oxygens (including phenoxy) is 1. The second-order valence-corrected chi connectivity index (χ2v) is 3.20. The van der Waals surface area contributed by atoms with Crippen LogP contribution in [0, 0.1) is 0 Å². The second kappa shape index (κ2) is 4.36. The predicted octanol–water partition coefficient (Wildman–Crippen LogP) is 2.89. The highest BCUT2D eigenvalue weighted by atomic mass is 79.9. The van der Waals surface area contributed by atoms with Crippen molar-refractivity contribution >= 4 is 21.6 Å². The van der Waals surface area contributed by atoms with E-state index in [1.54, 1.807) is 7.11 Å². The summed E-state index contributed by atoms with van der Waals surface area (Å²) in [7, 11) is 1.67. The molecule has 0 aliphatic heterocycles. The Labute approximate surface area is 81.1 Å². The van der Waals surface area contributed by atoms with E-state index < -0.39 is 0 Å². The number of anilines is 1. The van der Waals surface area contributed by atoms with Gasteiger partial charge in [0.2, 0.25) is 0 Å². The van der Waals surface area contributed by atoms with Crippen molar-refractivity contribution in [2.45, 2.75) is 6.92 Å². The van der Waals surface area contributed by atoms with Gasteiger partial charge in [0.25, 0.3) is 0 Å². The number of methoxy groups -OCH3 is 1. The van der Waals surface area contributed by atoms with Crippen LogP contribution in [0.15, 0.2) is 22.7 Å². The van der Waals surface area contributed by atoms with Crippen LogP contribution in [0.4, 0.5) is 5.69 Å². The Morgan fingerprint density at radius 1 is 1.50 bits per heavy atom. The van der Waals surface area contributed by atoms with Gasteiger partial charge in [-0.15, -0.1) is 0 Å². The summed E-state index contributed by atoms with van der Waals surface area (Å²) in [5.74, 6) is 0.867. The first kappa shape index (κ1) is 9.39. The molecule has 0 saturated carbocycles. The lowest BCUT2D eigenvalue weighted by atomic mass is 10.3. The van der Waals surface area contributed by atoms with Gasteiger partial charge >= 0.3 is 0 Å². The number of hydrogen-bond donors (Lipinski definition) is 1. The van der Waals surface area contributed by atoms with E-state index in [1.165, 1.54) is 0 Å². The van der Waals surface area contributed by atoms with Gasteiger partial charge in [0.15, 0.2) is 0 Å². The average Bonchev–Trinajstić information content (AvgIpc) is 2.09. The maximum atomic E-state index is 5.19. The van der Waals surface area contributed by atoms with Crippen LogP contribution in [0.1, 0.15) is 6.92 Å². The van der Waals surface area contributed by atoms with Crippen molar-refractivity contribution in [2.24, 2.45) is 0 Å². The molecular weight excluding hydrogens is 218 g/mol. The number of benzene rings is 1. The Morgan fingerprint density at radius 2 is 2.25 bits per heavy atom. The Kier molecular flexibility index (Phi) is 3.41. The smallest absolute Gasteiger partial charge is 0.143 e. The molecule has 1 aromatic rings. The highest BCUT2D eigenvalue weighted by molar-refractivity contribution is 9.10. The van der Waals surface area contributed by atoms with Crippen molar-refractivity contribution < 1.29 is 4.74 Å². The molecule has 66 valence electrons. The first-order valence-electron chi connectivity index (χ1n) is 3.86. The standard InChI is InChI=1S/C9H12BrNO/c1-3-11-9-7(10)5-4-6-8(9)12-2/h4-6,11H,3H2,1-2H3. The van der Waals surface area contributed by atoms with Crippen molar-refractivity contribution in [3.05, 3.63) is 22.7 Å². The fraction of sp³-hybridized carbons (Fsp3) is 0.333. The molecular formula is C9H12BrNO. The van der Waals surface area contributed by atoms with Crippen LogP contribution in [0.3, 0.4) is 0 Å². The van der Waals surface area contributed by atoms with Crippen molar-refractivity contribution in [3.8, 4) is 5.75 Å². The van der Waals surface area contributed by atoms with Crippen LogP contribution in [0.2, 0.25) is 0 Å². The lowest BCUT2D eigenvalue weighted by molar-refractivity contribution is 0.416. The molecule has 1 N–H and O–H groups in total. The van der Waals surface area contributed by atoms with Crippen LogP contribution in [0.25, 0.3) is 0 Å². The van der Waals surface area contributed by atoms with Crippen molar-refractivity contribution in [1.82, 2.24) is 0 Å². The number of nitrogens with one attached hydrogen (secondary N) is 1.